The molecule has 0 aliphatic heterocycles. The largest absolute Gasteiger partial charge is 0.468 e. The Bertz CT molecular complexity index is 669. The molecule has 0 bridgehead atoms. The van der Waals surface area contributed by atoms with Gasteiger partial charge in [-0.05, 0) is 17.7 Å². The van der Waals surface area contributed by atoms with Crippen molar-refractivity contribution in [2.24, 2.45) is 5.41 Å². The molecule has 0 spiro atoms. The van der Waals surface area contributed by atoms with Crippen LogP contribution in [0.25, 0.3) is 0 Å². The molecule has 0 radical (unpaired) electrons. The number of alkyl halides is 3. The van der Waals surface area contributed by atoms with Crippen LogP contribution in [0, 0.1) is 15.5 Å². The molecule has 0 aromatic heterocycles. The van der Waals surface area contributed by atoms with Crippen LogP contribution < -0.4 is 0 Å². The van der Waals surface area contributed by atoms with Gasteiger partial charge in [0.15, 0.2) is 0 Å². The molecule has 24 heavy (non-hydrogen) atoms. The number of benzene rings is 1. The van der Waals surface area contributed by atoms with Gasteiger partial charge in [0, 0.05) is 4.92 Å². The number of methoxy groups -OCH3 is 2. The topological polar surface area (TPSA) is 95.7 Å². The average molecular weight is 347 g/mol. The highest BCUT2D eigenvalue weighted by Gasteiger charge is 2.85. The molecule has 1 fully saturated rings. The summed E-state index contributed by atoms with van der Waals surface area (Å²) < 4.78 is 46.8. The van der Waals surface area contributed by atoms with Crippen LogP contribution in [0.3, 0.4) is 0 Å². The minimum absolute atomic E-state index is 0.0421. The Balaban J connectivity index is 2.49. The van der Waals surface area contributed by atoms with Gasteiger partial charge in [0.05, 0.1) is 25.7 Å². The van der Waals surface area contributed by atoms with Gasteiger partial charge >= 0.3 is 18.1 Å². The molecule has 1 aromatic rings. The zero-order chi connectivity index (χ0) is 18.3. The Hall–Kier alpha value is -2.65. The van der Waals surface area contributed by atoms with Crippen LogP contribution in [0.4, 0.5) is 13.2 Å². The van der Waals surface area contributed by atoms with E-state index in [-0.39, 0.29) is 5.56 Å². The Kier molecular flexibility index (Phi) is 4.25. The van der Waals surface area contributed by atoms with Gasteiger partial charge in [0.1, 0.15) is 0 Å². The minimum Gasteiger partial charge on any atom is -0.468 e. The van der Waals surface area contributed by atoms with E-state index >= 15 is 0 Å². The van der Waals surface area contributed by atoms with E-state index in [1.165, 1.54) is 0 Å². The third-order valence-electron chi connectivity index (χ3n) is 4.03. The number of carbonyl (C=O) groups is 2. The molecular formula is C14H12F3NO6. The molecular weight excluding hydrogens is 335 g/mol. The van der Waals surface area contributed by atoms with Gasteiger partial charge < -0.3 is 9.47 Å². The molecule has 130 valence electrons. The third kappa shape index (κ3) is 2.47. The van der Waals surface area contributed by atoms with Crippen molar-refractivity contribution >= 4 is 11.9 Å². The smallest absolute Gasteiger partial charge is 0.416 e. The van der Waals surface area contributed by atoms with E-state index in [4.69, 9.17) is 0 Å². The number of nitro groups is 1. The maximum Gasteiger partial charge on any atom is 0.416 e. The fraction of sp³-hybridized carbons (Fsp3) is 0.429. The highest BCUT2D eigenvalue weighted by Crippen LogP contribution is 2.62. The van der Waals surface area contributed by atoms with E-state index in [0.717, 1.165) is 38.5 Å². The van der Waals surface area contributed by atoms with Crippen molar-refractivity contribution in [1.29, 1.82) is 0 Å². The molecule has 2 atom stereocenters. The first-order valence-electron chi connectivity index (χ1n) is 6.59. The van der Waals surface area contributed by atoms with Crippen molar-refractivity contribution in [2.45, 2.75) is 18.1 Å². The Morgan fingerprint density at radius 2 is 1.58 bits per heavy atom. The molecule has 1 aliphatic carbocycles. The number of rotatable bonds is 4. The summed E-state index contributed by atoms with van der Waals surface area (Å²) in [4.78, 5) is 34.4. The fourth-order valence-corrected chi connectivity index (χ4v) is 2.90. The van der Waals surface area contributed by atoms with Gasteiger partial charge in [0.25, 0.3) is 0 Å². The van der Waals surface area contributed by atoms with Gasteiger partial charge in [-0.2, -0.15) is 13.2 Å². The van der Waals surface area contributed by atoms with Crippen molar-refractivity contribution in [3.63, 3.8) is 0 Å². The summed E-state index contributed by atoms with van der Waals surface area (Å²) in [5.74, 6) is -3.60. The monoisotopic (exact) mass is 347 g/mol. The fourth-order valence-electron chi connectivity index (χ4n) is 2.90. The molecule has 0 heterocycles. The van der Waals surface area contributed by atoms with E-state index in [9.17, 15) is 32.9 Å². The number of ether oxygens (including phenoxy) is 2. The van der Waals surface area contributed by atoms with Gasteiger partial charge in [-0.3, -0.25) is 19.7 Å². The molecule has 1 saturated carbocycles. The van der Waals surface area contributed by atoms with Crippen molar-refractivity contribution in [1.82, 2.24) is 0 Å². The summed E-state index contributed by atoms with van der Waals surface area (Å²) >= 11 is 0. The predicted octanol–water partition coefficient (Wildman–Crippen LogP) is 1.78. The summed E-state index contributed by atoms with van der Waals surface area (Å²) in [6.45, 7) is 0. The lowest BCUT2D eigenvalue weighted by Crippen LogP contribution is -2.34. The van der Waals surface area contributed by atoms with E-state index in [1.54, 1.807) is 0 Å². The number of esters is 2. The second-order valence-corrected chi connectivity index (χ2v) is 5.18. The van der Waals surface area contributed by atoms with Gasteiger partial charge in [-0.15, -0.1) is 0 Å². The molecule has 0 amide bonds. The maximum absolute atomic E-state index is 12.6. The molecule has 7 nitrogen and oxygen atoms in total. The standard InChI is InChI=1S/C14H12F3NO6/c1-23-11(19)13(12(20)24-2)9(10(13)18(21)22)7-3-5-8(6-4-7)14(15,16)17/h3-6,9-10H,1-2H3/t9-,10-/m0/s1. The van der Waals surface area contributed by atoms with Gasteiger partial charge in [0.2, 0.25) is 11.5 Å². The molecule has 0 saturated heterocycles. The van der Waals surface area contributed by atoms with Crippen molar-refractivity contribution < 1.29 is 37.2 Å². The third-order valence-corrected chi connectivity index (χ3v) is 4.03. The summed E-state index contributed by atoms with van der Waals surface area (Å²) in [6, 6.07) is 1.78. The zero-order valence-electron chi connectivity index (χ0n) is 12.5. The SMILES string of the molecule is COC(=O)C1(C(=O)OC)[C@@H]([N+](=O)[O-])[C@@H]1c1ccc(C(F)(F)F)cc1. The second kappa shape index (κ2) is 5.77. The van der Waals surface area contributed by atoms with Crippen LogP contribution in [-0.4, -0.2) is 37.1 Å². The molecule has 1 aromatic carbocycles. The quantitative estimate of drug-likeness (QED) is 0.357. The van der Waals surface area contributed by atoms with E-state index < -0.39 is 46.0 Å². The summed E-state index contributed by atoms with van der Waals surface area (Å²) in [6.07, 6.45) is -4.58. The van der Waals surface area contributed by atoms with Crippen LogP contribution in [0.2, 0.25) is 0 Å². The van der Waals surface area contributed by atoms with Crippen molar-refractivity contribution in [2.75, 3.05) is 14.2 Å². The summed E-state index contributed by atoms with van der Waals surface area (Å²) in [5, 5.41) is 11.2. The highest BCUT2D eigenvalue weighted by molar-refractivity contribution is 6.06. The number of carbonyl (C=O) groups excluding carboxylic acids is 2. The number of hydrogen-bond donors (Lipinski definition) is 0. The summed E-state index contributed by atoms with van der Waals surface area (Å²) in [7, 11) is 1.90. The molecule has 1 aliphatic rings. The lowest BCUT2D eigenvalue weighted by Gasteiger charge is -2.11. The molecule has 0 unspecified atom stereocenters. The first-order valence-corrected chi connectivity index (χ1v) is 6.59. The van der Waals surface area contributed by atoms with Gasteiger partial charge in [-0.1, -0.05) is 12.1 Å². The van der Waals surface area contributed by atoms with Crippen molar-refractivity contribution in [3.05, 3.63) is 45.5 Å². The normalized spacial score (nSPS) is 21.7. The highest BCUT2D eigenvalue weighted by atomic mass is 19.4. The molecule has 0 N–H and O–H groups in total. The minimum atomic E-state index is -4.58. The van der Waals surface area contributed by atoms with E-state index in [2.05, 4.69) is 9.47 Å². The molecule has 10 heteroatoms. The zero-order valence-corrected chi connectivity index (χ0v) is 12.5. The Labute approximate surface area is 133 Å². The van der Waals surface area contributed by atoms with Crippen LogP contribution >= 0.6 is 0 Å². The first kappa shape index (κ1) is 17.7. The second-order valence-electron chi connectivity index (χ2n) is 5.18. The van der Waals surface area contributed by atoms with Crippen LogP contribution in [0.1, 0.15) is 17.0 Å². The maximum atomic E-state index is 12.6. The average Bonchev–Trinajstić information content (AvgIpc) is 3.24. The Morgan fingerprint density at radius 1 is 1.12 bits per heavy atom. The number of halogens is 3. The number of hydrogen-bond acceptors (Lipinski definition) is 6. The van der Waals surface area contributed by atoms with Crippen LogP contribution in [-0.2, 0) is 25.2 Å². The van der Waals surface area contributed by atoms with E-state index in [0.29, 0.717) is 0 Å². The molecule has 2 rings (SSSR count). The van der Waals surface area contributed by atoms with Crippen LogP contribution in [0.5, 0.6) is 0 Å². The predicted molar refractivity (Wildman–Crippen MR) is 71.4 cm³/mol. The number of nitrogens with zero attached hydrogens (tertiary/aromatic N) is 1. The van der Waals surface area contributed by atoms with Gasteiger partial charge in [-0.25, -0.2) is 0 Å². The van der Waals surface area contributed by atoms with Crippen molar-refractivity contribution in [3.8, 4) is 0 Å². The lowest BCUT2D eigenvalue weighted by molar-refractivity contribution is -0.501. The summed E-state index contributed by atoms with van der Waals surface area (Å²) in [5.41, 5.74) is -3.11. The van der Waals surface area contributed by atoms with E-state index in [1.807, 2.05) is 0 Å². The Morgan fingerprint density at radius 3 is 1.92 bits per heavy atom. The first-order chi connectivity index (χ1) is 11.1. The van der Waals surface area contributed by atoms with Crippen LogP contribution in [0.15, 0.2) is 24.3 Å². The lowest BCUT2D eigenvalue weighted by atomic mass is 9.98.